The number of nitrogens with zero attached hydrogens (tertiary/aromatic N) is 1. The Hall–Kier alpha value is -0.610. The first-order chi connectivity index (χ1) is 11.2. The minimum atomic E-state index is -0.0217. The molecule has 4 heteroatoms. The molecule has 3 aliphatic rings. The first-order valence-electron chi connectivity index (χ1n) is 9.71. The van der Waals surface area contributed by atoms with Crippen molar-refractivity contribution in [3.8, 4) is 0 Å². The molecule has 23 heavy (non-hydrogen) atoms. The Morgan fingerprint density at radius 1 is 1.13 bits per heavy atom. The highest BCUT2D eigenvalue weighted by molar-refractivity contribution is 5.72. The van der Waals surface area contributed by atoms with Crippen LogP contribution in [-0.2, 0) is 9.53 Å². The number of carbonyl (C=O) groups is 1. The molecule has 1 N–H and O–H groups in total. The van der Waals surface area contributed by atoms with E-state index in [-0.39, 0.29) is 11.9 Å². The smallest absolute Gasteiger partial charge is 0.310 e. The second-order valence-corrected chi connectivity index (χ2v) is 8.25. The fourth-order valence-corrected chi connectivity index (χ4v) is 4.80. The van der Waals surface area contributed by atoms with E-state index in [0.717, 1.165) is 37.9 Å². The van der Waals surface area contributed by atoms with Gasteiger partial charge in [-0.25, -0.2) is 0 Å². The SMILES string of the molecule is COC(=O)C1CC(NCC2CCCCC2)CN(C2CC(C)C2)C1. The van der Waals surface area contributed by atoms with Gasteiger partial charge in [-0.1, -0.05) is 26.2 Å². The molecule has 132 valence electrons. The van der Waals surface area contributed by atoms with Crippen LogP contribution in [0.3, 0.4) is 0 Å². The van der Waals surface area contributed by atoms with Gasteiger partial charge in [-0.15, -0.1) is 0 Å². The number of esters is 1. The van der Waals surface area contributed by atoms with Crippen molar-refractivity contribution in [3.05, 3.63) is 0 Å². The Kier molecular flexibility index (Phi) is 5.97. The zero-order valence-electron chi connectivity index (χ0n) is 14.9. The summed E-state index contributed by atoms with van der Waals surface area (Å²) in [6.45, 7) is 5.47. The van der Waals surface area contributed by atoms with Gasteiger partial charge in [0.1, 0.15) is 0 Å². The number of ether oxygens (including phenoxy) is 1. The molecule has 0 bridgehead atoms. The third-order valence-electron chi connectivity index (χ3n) is 6.30. The molecule has 2 aliphatic carbocycles. The molecule has 3 fully saturated rings. The molecule has 0 aromatic rings. The monoisotopic (exact) mass is 322 g/mol. The maximum atomic E-state index is 12.1. The minimum Gasteiger partial charge on any atom is -0.469 e. The lowest BCUT2D eigenvalue weighted by Gasteiger charge is -2.47. The van der Waals surface area contributed by atoms with Crippen LogP contribution in [0.15, 0.2) is 0 Å². The standard InChI is InChI=1S/C19H34N2O2/c1-14-8-18(9-14)21-12-16(19(22)23-2)10-17(13-21)20-11-15-6-4-3-5-7-15/h14-18,20H,3-13H2,1-2H3. The van der Waals surface area contributed by atoms with Crippen molar-refractivity contribution in [1.82, 2.24) is 10.2 Å². The van der Waals surface area contributed by atoms with E-state index in [9.17, 15) is 4.79 Å². The first kappa shape index (κ1) is 17.2. The van der Waals surface area contributed by atoms with Crippen LogP contribution < -0.4 is 5.32 Å². The zero-order valence-corrected chi connectivity index (χ0v) is 14.9. The number of piperidine rings is 1. The predicted molar refractivity (Wildman–Crippen MR) is 92.2 cm³/mol. The summed E-state index contributed by atoms with van der Waals surface area (Å²) in [5.74, 6) is 1.73. The molecule has 2 atom stereocenters. The van der Waals surface area contributed by atoms with Gasteiger partial charge in [0, 0.05) is 25.2 Å². The molecule has 4 nitrogen and oxygen atoms in total. The molecule has 2 saturated carbocycles. The molecule has 0 radical (unpaired) electrons. The van der Waals surface area contributed by atoms with Crippen molar-refractivity contribution < 1.29 is 9.53 Å². The maximum Gasteiger partial charge on any atom is 0.310 e. The van der Waals surface area contributed by atoms with Gasteiger partial charge in [0.05, 0.1) is 13.0 Å². The molecule has 3 rings (SSSR count). The number of hydrogen-bond donors (Lipinski definition) is 1. The van der Waals surface area contributed by atoms with Crippen molar-refractivity contribution in [3.63, 3.8) is 0 Å². The lowest BCUT2D eigenvalue weighted by molar-refractivity contribution is -0.148. The van der Waals surface area contributed by atoms with E-state index in [1.807, 2.05) is 0 Å². The molecule has 0 spiro atoms. The fourth-order valence-electron chi connectivity index (χ4n) is 4.80. The zero-order chi connectivity index (χ0) is 16.2. The normalized spacial score (nSPS) is 36.4. The van der Waals surface area contributed by atoms with E-state index in [0.29, 0.717) is 12.1 Å². The number of hydrogen-bond acceptors (Lipinski definition) is 4. The van der Waals surface area contributed by atoms with Crippen LogP contribution in [0.4, 0.5) is 0 Å². The van der Waals surface area contributed by atoms with E-state index < -0.39 is 0 Å². The second-order valence-electron chi connectivity index (χ2n) is 8.25. The van der Waals surface area contributed by atoms with Crippen LogP contribution in [0.5, 0.6) is 0 Å². The molecular formula is C19H34N2O2. The largest absolute Gasteiger partial charge is 0.469 e. The molecule has 0 aromatic carbocycles. The van der Waals surface area contributed by atoms with Crippen LogP contribution >= 0.6 is 0 Å². The Morgan fingerprint density at radius 2 is 1.87 bits per heavy atom. The van der Waals surface area contributed by atoms with Crippen molar-refractivity contribution in [1.29, 1.82) is 0 Å². The Balaban J connectivity index is 1.53. The lowest BCUT2D eigenvalue weighted by atomic mass is 9.79. The highest BCUT2D eigenvalue weighted by Crippen LogP contribution is 2.34. The molecular weight excluding hydrogens is 288 g/mol. The molecule has 1 saturated heterocycles. The fraction of sp³-hybridized carbons (Fsp3) is 0.947. The molecule has 0 aromatic heterocycles. The Bertz CT molecular complexity index is 389. The average Bonchev–Trinajstić information content (AvgIpc) is 2.57. The van der Waals surface area contributed by atoms with Gasteiger partial charge in [0.15, 0.2) is 0 Å². The van der Waals surface area contributed by atoms with Gasteiger partial charge in [-0.3, -0.25) is 9.69 Å². The number of carbonyl (C=O) groups excluding carboxylic acids is 1. The number of rotatable bonds is 5. The van der Waals surface area contributed by atoms with Crippen molar-refractivity contribution >= 4 is 5.97 Å². The minimum absolute atomic E-state index is 0.0217. The van der Waals surface area contributed by atoms with Gasteiger partial charge in [-0.2, -0.15) is 0 Å². The predicted octanol–water partition coefficient (Wildman–Crippen LogP) is 2.82. The summed E-state index contributed by atoms with van der Waals surface area (Å²) in [7, 11) is 1.52. The second kappa shape index (κ2) is 7.98. The quantitative estimate of drug-likeness (QED) is 0.790. The van der Waals surface area contributed by atoms with Crippen LogP contribution in [0.25, 0.3) is 0 Å². The number of likely N-dealkylation sites (tertiary alicyclic amines) is 1. The van der Waals surface area contributed by atoms with Crippen molar-refractivity contribution in [2.45, 2.75) is 70.4 Å². The molecule has 1 aliphatic heterocycles. The summed E-state index contributed by atoms with van der Waals surface area (Å²) in [5, 5.41) is 3.80. The van der Waals surface area contributed by atoms with Crippen LogP contribution in [-0.4, -0.2) is 49.7 Å². The number of nitrogens with one attached hydrogen (secondary N) is 1. The van der Waals surface area contributed by atoms with Crippen molar-refractivity contribution in [2.24, 2.45) is 17.8 Å². The number of methoxy groups -OCH3 is 1. The van der Waals surface area contributed by atoms with Crippen LogP contribution in [0.2, 0.25) is 0 Å². The third-order valence-corrected chi connectivity index (χ3v) is 6.30. The van der Waals surface area contributed by atoms with Gasteiger partial charge in [0.25, 0.3) is 0 Å². The lowest BCUT2D eigenvalue weighted by Crippen LogP contribution is -2.57. The first-order valence-corrected chi connectivity index (χ1v) is 9.71. The molecule has 0 amide bonds. The van der Waals surface area contributed by atoms with Gasteiger partial charge in [-0.05, 0) is 50.5 Å². The van der Waals surface area contributed by atoms with Crippen LogP contribution in [0.1, 0.15) is 58.3 Å². The summed E-state index contributed by atoms with van der Waals surface area (Å²) in [5.41, 5.74) is 0. The third kappa shape index (κ3) is 4.48. The molecule has 1 heterocycles. The van der Waals surface area contributed by atoms with Gasteiger partial charge < -0.3 is 10.1 Å². The van der Waals surface area contributed by atoms with Crippen molar-refractivity contribution in [2.75, 3.05) is 26.7 Å². The summed E-state index contributed by atoms with van der Waals surface area (Å²) in [6, 6.07) is 1.14. The van der Waals surface area contributed by atoms with Crippen LogP contribution in [0, 0.1) is 17.8 Å². The van der Waals surface area contributed by atoms with Gasteiger partial charge in [0.2, 0.25) is 0 Å². The van der Waals surface area contributed by atoms with Gasteiger partial charge >= 0.3 is 5.97 Å². The average molecular weight is 322 g/mol. The maximum absolute atomic E-state index is 12.1. The molecule has 2 unspecified atom stereocenters. The van der Waals surface area contributed by atoms with E-state index in [4.69, 9.17) is 4.74 Å². The summed E-state index contributed by atoms with van der Waals surface area (Å²) < 4.78 is 5.04. The van der Waals surface area contributed by atoms with E-state index >= 15 is 0 Å². The summed E-state index contributed by atoms with van der Waals surface area (Å²) >= 11 is 0. The van der Waals surface area contributed by atoms with E-state index in [1.165, 1.54) is 52.1 Å². The highest BCUT2D eigenvalue weighted by atomic mass is 16.5. The van der Waals surface area contributed by atoms with E-state index in [2.05, 4.69) is 17.1 Å². The summed E-state index contributed by atoms with van der Waals surface area (Å²) in [4.78, 5) is 14.6. The highest BCUT2D eigenvalue weighted by Gasteiger charge is 2.39. The Labute approximate surface area is 141 Å². The summed E-state index contributed by atoms with van der Waals surface area (Å²) in [6.07, 6.45) is 10.5. The van der Waals surface area contributed by atoms with E-state index in [1.54, 1.807) is 0 Å². The topological polar surface area (TPSA) is 41.6 Å². The Morgan fingerprint density at radius 3 is 2.52 bits per heavy atom.